The van der Waals surface area contributed by atoms with Crippen LogP contribution in [-0.2, 0) is 19.1 Å². The Balaban J connectivity index is 0. The Kier molecular flexibility index (Phi) is 11.0. The lowest BCUT2D eigenvalue weighted by Crippen LogP contribution is -2.07. The van der Waals surface area contributed by atoms with Crippen LogP contribution in [0.4, 0.5) is 0 Å². The molecule has 0 aromatic carbocycles. The highest BCUT2D eigenvalue weighted by atomic mass is 16.5. The highest BCUT2D eigenvalue weighted by Gasteiger charge is 2.03. The molecule has 0 rings (SSSR count). The Labute approximate surface area is 71.9 Å². The number of esters is 1. The number of aldehydes is 1. The fraction of sp³-hybridized carbons (Fsp3) is 0.625. The highest BCUT2D eigenvalue weighted by Crippen LogP contribution is 1.86. The van der Waals surface area contributed by atoms with Gasteiger partial charge in [-0.25, -0.2) is 0 Å². The summed E-state index contributed by atoms with van der Waals surface area (Å²) in [6, 6.07) is 0. The zero-order valence-corrected chi connectivity index (χ0v) is 7.62. The molecule has 0 atom stereocenters. The predicted octanol–water partition coefficient (Wildman–Crippen LogP) is 0.734. The molecule has 0 aliphatic carbocycles. The second-order valence-electron chi connectivity index (χ2n) is 1.92. The van der Waals surface area contributed by atoms with Crippen LogP contribution in [0.2, 0.25) is 0 Å². The molecule has 0 bridgehead atoms. The fourth-order valence-electron chi connectivity index (χ4n) is 0.415. The number of carbonyl (C=O) groups excluding carboxylic acids is 3. The minimum atomic E-state index is -0.440. The van der Waals surface area contributed by atoms with Crippen LogP contribution in [-0.4, -0.2) is 24.6 Å². The van der Waals surface area contributed by atoms with E-state index in [0.29, 0.717) is 6.61 Å². The first-order valence-corrected chi connectivity index (χ1v) is 3.63. The van der Waals surface area contributed by atoms with Gasteiger partial charge in [0.2, 0.25) is 0 Å². The maximum absolute atomic E-state index is 10.4. The fourth-order valence-corrected chi connectivity index (χ4v) is 0.415. The molecule has 0 aromatic rings. The Morgan fingerprint density at radius 3 is 2.08 bits per heavy atom. The summed E-state index contributed by atoms with van der Waals surface area (Å²) in [6.45, 7) is 4.85. The molecular formula is C8H14O4. The van der Waals surface area contributed by atoms with Crippen LogP contribution in [0.25, 0.3) is 0 Å². The Morgan fingerprint density at radius 1 is 1.42 bits per heavy atom. The second kappa shape index (κ2) is 9.81. The summed E-state index contributed by atoms with van der Waals surface area (Å²) in [5.41, 5.74) is 0. The van der Waals surface area contributed by atoms with Gasteiger partial charge in [-0.05, 0) is 20.8 Å². The molecular weight excluding hydrogens is 160 g/mol. The van der Waals surface area contributed by atoms with Crippen molar-refractivity contribution in [3.05, 3.63) is 0 Å². The third-order valence-electron chi connectivity index (χ3n) is 0.699. The first-order valence-electron chi connectivity index (χ1n) is 3.63. The molecule has 0 N–H and O–H groups in total. The maximum atomic E-state index is 10.4. The predicted molar refractivity (Wildman–Crippen MR) is 43.7 cm³/mol. The minimum Gasteiger partial charge on any atom is -0.466 e. The van der Waals surface area contributed by atoms with Gasteiger partial charge in [-0.3, -0.25) is 9.59 Å². The highest BCUT2D eigenvalue weighted by molar-refractivity contribution is 5.94. The van der Waals surface area contributed by atoms with Gasteiger partial charge in [-0.2, -0.15) is 0 Å². The molecule has 0 heterocycles. The van der Waals surface area contributed by atoms with Gasteiger partial charge in [-0.15, -0.1) is 0 Å². The molecule has 0 aliphatic heterocycles. The molecule has 70 valence electrons. The van der Waals surface area contributed by atoms with Crippen molar-refractivity contribution in [2.75, 3.05) is 6.61 Å². The van der Waals surface area contributed by atoms with E-state index < -0.39 is 5.97 Å². The summed E-state index contributed by atoms with van der Waals surface area (Å²) >= 11 is 0. The lowest BCUT2D eigenvalue weighted by Gasteiger charge is -1.96. The molecule has 0 aromatic heterocycles. The number of rotatable bonds is 3. The molecule has 4 heteroatoms. The van der Waals surface area contributed by atoms with Crippen LogP contribution in [0.5, 0.6) is 0 Å². The van der Waals surface area contributed by atoms with Gasteiger partial charge in [0.05, 0.1) is 6.61 Å². The molecule has 0 spiro atoms. The SMILES string of the molecule is CC=O.CCOC(=O)CC(C)=O. The number of ketones is 1. The van der Waals surface area contributed by atoms with Crippen molar-refractivity contribution < 1.29 is 19.1 Å². The summed E-state index contributed by atoms with van der Waals surface area (Å²) in [5.74, 6) is -0.599. The summed E-state index contributed by atoms with van der Waals surface area (Å²) < 4.78 is 4.49. The third kappa shape index (κ3) is 15.9. The number of hydrogen-bond acceptors (Lipinski definition) is 4. The lowest BCUT2D eigenvalue weighted by atomic mass is 10.3. The van der Waals surface area contributed by atoms with Gasteiger partial charge in [0.15, 0.2) is 0 Å². The van der Waals surface area contributed by atoms with E-state index in [2.05, 4.69) is 4.74 Å². The topological polar surface area (TPSA) is 60.4 Å². The van der Waals surface area contributed by atoms with Crippen molar-refractivity contribution >= 4 is 18.0 Å². The minimum absolute atomic E-state index is 0.103. The van der Waals surface area contributed by atoms with Gasteiger partial charge in [0.1, 0.15) is 18.5 Å². The van der Waals surface area contributed by atoms with E-state index in [1.165, 1.54) is 13.8 Å². The smallest absolute Gasteiger partial charge is 0.313 e. The lowest BCUT2D eigenvalue weighted by molar-refractivity contribution is -0.145. The largest absolute Gasteiger partial charge is 0.466 e. The molecule has 0 saturated heterocycles. The average molecular weight is 174 g/mol. The van der Waals surface area contributed by atoms with Crippen LogP contribution in [0.1, 0.15) is 27.2 Å². The van der Waals surface area contributed by atoms with Crippen molar-refractivity contribution in [2.24, 2.45) is 0 Å². The maximum Gasteiger partial charge on any atom is 0.313 e. The first-order chi connectivity index (χ1) is 5.58. The Hall–Kier alpha value is -1.19. The van der Waals surface area contributed by atoms with Gasteiger partial charge < -0.3 is 9.53 Å². The molecule has 4 nitrogen and oxygen atoms in total. The number of ether oxygens (including phenoxy) is 1. The van der Waals surface area contributed by atoms with E-state index in [-0.39, 0.29) is 12.2 Å². The molecule has 0 aliphatic rings. The van der Waals surface area contributed by atoms with Crippen molar-refractivity contribution in [3.63, 3.8) is 0 Å². The number of hydrogen-bond donors (Lipinski definition) is 0. The molecule has 12 heavy (non-hydrogen) atoms. The monoisotopic (exact) mass is 174 g/mol. The van der Waals surface area contributed by atoms with Crippen LogP contribution >= 0.6 is 0 Å². The quantitative estimate of drug-likeness (QED) is 0.359. The summed E-state index contributed by atoms with van der Waals surface area (Å²) in [6.07, 6.45) is 0.647. The Bertz CT molecular complexity index is 151. The molecule has 0 amide bonds. The summed E-state index contributed by atoms with van der Waals surface area (Å²) in [5, 5.41) is 0. The average Bonchev–Trinajstić information content (AvgIpc) is 1.87. The van der Waals surface area contributed by atoms with Crippen molar-refractivity contribution in [1.29, 1.82) is 0 Å². The molecule has 0 fully saturated rings. The zero-order chi connectivity index (χ0) is 9.98. The van der Waals surface area contributed by atoms with E-state index in [0.717, 1.165) is 6.29 Å². The van der Waals surface area contributed by atoms with Crippen LogP contribution in [0.15, 0.2) is 0 Å². The van der Waals surface area contributed by atoms with Gasteiger partial charge in [-0.1, -0.05) is 0 Å². The van der Waals surface area contributed by atoms with E-state index in [9.17, 15) is 9.59 Å². The first kappa shape index (κ1) is 13.4. The van der Waals surface area contributed by atoms with Crippen LogP contribution in [0.3, 0.4) is 0 Å². The molecule has 0 unspecified atom stereocenters. The number of Topliss-reactive ketones (excluding diaryl/α,β-unsaturated/α-hetero) is 1. The van der Waals surface area contributed by atoms with E-state index >= 15 is 0 Å². The molecule has 0 saturated carbocycles. The van der Waals surface area contributed by atoms with Crippen molar-refractivity contribution in [2.45, 2.75) is 27.2 Å². The number of carbonyl (C=O) groups is 3. The third-order valence-corrected chi connectivity index (χ3v) is 0.699. The Morgan fingerprint density at radius 2 is 1.83 bits per heavy atom. The second-order valence-corrected chi connectivity index (χ2v) is 1.92. The van der Waals surface area contributed by atoms with Gasteiger partial charge in [0, 0.05) is 0 Å². The van der Waals surface area contributed by atoms with Crippen LogP contribution < -0.4 is 0 Å². The van der Waals surface area contributed by atoms with E-state index in [4.69, 9.17) is 4.79 Å². The van der Waals surface area contributed by atoms with E-state index in [1.807, 2.05) is 0 Å². The normalized spacial score (nSPS) is 7.58. The van der Waals surface area contributed by atoms with E-state index in [1.54, 1.807) is 6.92 Å². The van der Waals surface area contributed by atoms with Gasteiger partial charge in [0.25, 0.3) is 0 Å². The molecule has 0 radical (unpaired) electrons. The summed E-state index contributed by atoms with van der Waals surface area (Å²) in [4.78, 5) is 29.4. The standard InChI is InChI=1S/C6H10O3.C2H4O/c1-3-9-6(8)4-5(2)7;1-2-3/h3-4H2,1-2H3;2H,1H3. The van der Waals surface area contributed by atoms with Crippen molar-refractivity contribution in [1.82, 2.24) is 0 Å². The summed E-state index contributed by atoms with van der Waals surface area (Å²) in [7, 11) is 0. The van der Waals surface area contributed by atoms with Gasteiger partial charge >= 0.3 is 5.97 Å². The van der Waals surface area contributed by atoms with Crippen molar-refractivity contribution in [3.8, 4) is 0 Å². The van der Waals surface area contributed by atoms with Crippen LogP contribution in [0, 0.1) is 0 Å². The zero-order valence-electron chi connectivity index (χ0n) is 7.62.